The lowest BCUT2D eigenvalue weighted by atomic mass is 9.89. The minimum Gasteiger partial charge on any atom is -0.302 e. The second-order valence-electron chi connectivity index (χ2n) is 5.19. The molecule has 0 aromatic heterocycles. The fraction of sp³-hybridized carbons (Fsp3) is 0.538. The maximum atomic E-state index is 6.11. The molecule has 16 heavy (non-hydrogen) atoms. The van der Waals surface area contributed by atoms with E-state index in [-0.39, 0.29) is 0 Å². The van der Waals surface area contributed by atoms with Crippen LogP contribution in [-0.2, 0) is 5.41 Å². The quantitative estimate of drug-likeness (QED) is 0.742. The molecule has 0 amide bonds. The Balaban J connectivity index is 2.02. The fourth-order valence-corrected chi connectivity index (χ4v) is 3.67. The van der Waals surface area contributed by atoms with E-state index in [1.54, 1.807) is 0 Å². The standard InChI is InChI=1S/C13H15Cl2N/c1-8-13(6-10(13)7-16(8)2)9-3-4-11(14)12(15)5-9/h3-5,8,10H,6-7H2,1-2H3/t8-,10?,13+/m1/s1. The Morgan fingerprint density at radius 1 is 1.31 bits per heavy atom. The molecule has 1 aromatic carbocycles. The van der Waals surface area contributed by atoms with E-state index in [9.17, 15) is 0 Å². The average molecular weight is 256 g/mol. The van der Waals surface area contributed by atoms with Gasteiger partial charge in [-0.15, -0.1) is 0 Å². The molecule has 3 heteroatoms. The highest BCUT2D eigenvalue weighted by Gasteiger charge is 2.64. The second-order valence-corrected chi connectivity index (χ2v) is 6.00. The van der Waals surface area contributed by atoms with Gasteiger partial charge in [0.25, 0.3) is 0 Å². The van der Waals surface area contributed by atoms with E-state index in [4.69, 9.17) is 23.2 Å². The number of likely N-dealkylation sites (N-methyl/N-ethyl adjacent to an activating group) is 1. The highest BCUT2D eigenvalue weighted by Crippen LogP contribution is 2.62. The van der Waals surface area contributed by atoms with Crippen molar-refractivity contribution in [1.82, 2.24) is 4.90 Å². The van der Waals surface area contributed by atoms with E-state index >= 15 is 0 Å². The van der Waals surface area contributed by atoms with E-state index < -0.39 is 0 Å². The summed E-state index contributed by atoms with van der Waals surface area (Å²) < 4.78 is 0. The maximum absolute atomic E-state index is 6.11. The molecule has 1 aliphatic carbocycles. The maximum Gasteiger partial charge on any atom is 0.0595 e. The Labute approximate surface area is 106 Å². The molecule has 0 N–H and O–H groups in total. The van der Waals surface area contributed by atoms with Gasteiger partial charge in [-0.3, -0.25) is 0 Å². The Bertz CT molecular complexity index is 446. The first-order valence-electron chi connectivity index (χ1n) is 5.71. The molecule has 1 unspecified atom stereocenters. The van der Waals surface area contributed by atoms with Crippen LogP contribution < -0.4 is 0 Å². The highest BCUT2D eigenvalue weighted by atomic mass is 35.5. The number of benzene rings is 1. The third-order valence-corrected chi connectivity index (χ3v) is 5.26. The van der Waals surface area contributed by atoms with E-state index in [0.29, 0.717) is 21.5 Å². The largest absolute Gasteiger partial charge is 0.302 e. The van der Waals surface area contributed by atoms with E-state index in [1.807, 2.05) is 6.07 Å². The molecular weight excluding hydrogens is 241 g/mol. The van der Waals surface area contributed by atoms with Crippen LogP contribution in [0.4, 0.5) is 0 Å². The number of fused-ring (bicyclic) bond motifs is 1. The first-order chi connectivity index (χ1) is 7.55. The third-order valence-electron chi connectivity index (χ3n) is 4.52. The molecule has 1 saturated heterocycles. The van der Waals surface area contributed by atoms with Crippen LogP contribution in [-0.4, -0.2) is 24.5 Å². The van der Waals surface area contributed by atoms with Crippen LogP contribution in [0.15, 0.2) is 18.2 Å². The zero-order valence-corrected chi connectivity index (χ0v) is 11.0. The Kier molecular flexibility index (Phi) is 2.30. The van der Waals surface area contributed by atoms with Gasteiger partial charge in [-0.2, -0.15) is 0 Å². The van der Waals surface area contributed by atoms with Gasteiger partial charge in [0.1, 0.15) is 0 Å². The van der Waals surface area contributed by atoms with Crippen LogP contribution in [0.1, 0.15) is 18.9 Å². The van der Waals surface area contributed by atoms with E-state index in [0.717, 1.165) is 5.92 Å². The number of hydrogen-bond acceptors (Lipinski definition) is 1. The highest BCUT2D eigenvalue weighted by molar-refractivity contribution is 6.42. The summed E-state index contributed by atoms with van der Waals surface area (Å²) in [5.41, 5.74) is 1.71. The van der Waals surface area contributed by atoms with Crippen molar-refractivity contribution in [1.29, 1.82) is 0 Å². The lowest BCUT2D eigenvalue weighted by Crippen LogP contribution is -2.33. The van der Waals surface area contributed by atoms with Crippen LogP contribution in [0, 0.1) is 5.92 Å². The summed E-state index contributed by atoms with van der Waals surface area (Å²) in [6.45, 7) is 3.52. The van der Waals surface area contributed by atoms with Crippen LogP contribution >= 0.6 is 23.2 Å². The summed E-state index contributed by atoms with van der Waals surface area (Å²) in [6.07, 6.45) is 1.30. The minimum atomic E-state index is 0.350. The number of nitrogens with zero attached hydrogens (tertiary/aromatic N) is 1. The predicted octanol–water partition coefficient (Wildman–Crippen LogP) is 3.59. The lowest BCUT2D eigenvalue weighted by Gasteiger charge is -2.26. The van der Waals surface area contributed by atoms with Gasteiger partial charge in [-0.05, 0) is 44.0 Å². The van der Waals surface area contributed by atoms with Crippen molar-refractivity contribution in [3.63, 3.8) is 0 Å². The number of piperidine rings is 1. The van der Waals surface area contributed by atoms with Crippen molar-refractivity contribution in [3.05, 3.63) is 33.8 Å². The molecule has 1 saturated carbocycles. The molecule has 3 rings (SSSR count). The molecule has 1 heterocycles. The van der Waals surface area contributed by atoms with Crippen LogP contribution in [0.25, 0.3) is 0 Å². The summed E-state index contributed by atoms with van der Waals surface area (Å²) in [5.74, 6) is 0.810. The summed E-state index contributed by atoms with van der Waals surface area (Å²) in [5, 5.41) is 1.33. The van der Waals surface area contributed by atoms with Crippen molar-refractivity contribution in [2.45, 2.75) is 24.8 Å². The van der Waals surface area contributed by atoms with Gasteiger partial charge in [-0.25, -0.2) is 0 Å². The van der Waals surface area contributed by atoms with E-state index in [1.165, 1.54) is 18.5 Å². The summed E-state index contributed by atoms with van der Waals surface area (Å²) in [6, 6.07) is 6.73. The van der Waals surface area contributed by atoms with Crippen molar-refractivity contribution < 1.29 is 0 Å². The molecule has 1 aromatic rings. The number of likely N-dealkylation sites (tertiary alicyclic amines) is 1. The topological polar surface area (TPSA) is 3.24 Å². The van der Waals surface area contributed by atoms with Crippen LogP contribution in [0.5, 0.6) is 0 Å². The molecule has 0 bridgehead atoms. The summed E-state index contributed by atoms with van der Waals surface area (Å²) >= 11 is 12.1. The SMILES string of the molecule is C[C@H]1N(C)CC2C[C@]21c1ccc(Cl)c(Cl)c1. The van der Waals surface area contributed by atoms with Gasteiger partial charge in [-0.1, -0.05) is 29.3 Å². The first-order valence-corrected chi connectivity index (χ1v) is 6.47. The first kappa shape index (κ1) is 10.9. The molecule has 0 spiro atoms. The van der Waals surface area contributed by atoms with Gasteiger partial charge in [0.2, 0.25) is 0 Å². The minimum absolute atomic E-state index is 0.350. The van der Waals surface area contributed by atoms with Gasteiger partial charge in [0.05, 0.1) is 10.0 Å². The molecule has 2 aliphatic rings. The molecule has 3 atom stereocenters. The fourth-order valence-electron chi connectivity index (χ4n) is 3.37. The number of rotatable bonds is 1. The molecule has 1 aliphatic heterocycles. The molecular formula is C13H15Cl2N. The van der Waals surface area contributed by atoms with Crippen molar-refractivity contribution in [3.8, 4) is 0 Å². The Morgan fingerprint density at radius 2 is 2.06 bits per heavy atom. The predicted molar refractivity (Wildman–Crippen MR) is 68.3 cm³/mol. The second kappa shape index (κ2) is 3.38. The molecule has 2 fully saturated rings. The molecule has 86 valence electrons. The third kappa shape index (κ3) is 1.28. The van der Waals surface area contributed by atoms with E-state index in [2.05, 4.69) is 31.0 Å². The lowest BCUT2D eigenvalue weighted by molar-refractivity contribution is 0.273. The number of hydrogen-bond donors (Lipinski definition) is 0. The zero-order chi connectivity index (χ0) is 11.5. The van der Waals surface area contributed by atoms with Crippen LogP contribution in [0.3, 0.4) is 0 Å². The van der Waals surface area contributed by atoms with Gasteiger partial charge in [0, 0.05) is 18.0 Å². The van der Waals surface area contributed by atoms with Crippen molar-refractivity contribution in [2.24, 2.45) is 5.92 Å². The summed E-state index contributed by atoms with van der Waals surface area (Å²) in [7, 11) is 2.20. The van der Waals surface area contributed by atoms with Gasteiger partial charge >= 0.3 is 0 Å². The molecule has 1 nitrogen and oxygen atoms in total. The van der Waals surface area contributed by atoms with Crippen molar-refractivity contribution in [2.75, 3.05) is 13.6 Å². The van der Waals surface area contributed by atoms with Crippen LogP contribution in [0.2, 0.25) is 10.0 Å². The Morgan fingerprint density at radius 3 is 2.62 bits per heavy atom. The monoisotopic (exact) mass is 255 g/mol. The Hall–Kier alpha value is -0.240. The zero-order valence-electron chi connectivity index (χ0n) is 9.50. The van der Waals surface area contributed by atoms with Gasteiger partial charge in [0.15, 0.2) is 0 Å². The smallest absolute Gasteiger partial charge is 0.0595 e. The number of halogens is 2. The average Bonchev–Trinajstić information content (AvgIpc) is 2.90. The summed E-state index contributed by atoms with van der Waals surface area (Å²) in [4.78, 5) is 2.44. The normalized spacial score (nSPS) is 37.5. The molecule has 0 radical (unpaired) electrons. The van der Waals surface area contributed by atoms with Crippen molar-refractivity contribution >= 4 is 23.2 Å². The van der Waals surface area contributed by atoms with Gasteiger partial charge < -0.3 is 4.90 Å².